The van der Waals surface area contributed by atoms with E-state index in [1.807, 2.05) is 6.07 Å². The molecule has 0 fully saturated rings. The van der Waals surface area contributed by atoms with E-state index < -0.39 is 0 Å². The molecule has 0 amide bonds. The first-order valence-corrected chi connectivity index (χ1v) is 13.1. The van der Waals surface area contributed by atoms with E-state index in [-0.39, 0.29) is 5.82 Å². The second-order valence-corrected chi connectivity index (χ2v) is 10.1. The lowest BCUT2D eigenvalue weighted by atomic mass is 9.95. The van der Waals surface area contributed by atoms with Gasteiger partial charge < -0.3 is 15.4 Å². The summed E-state index contributed by atoms with van der Waals surface area (Å²) in [7, 11) is 2.16. The number of nitrogens with zero attached hydrogens (tertiary/aromatic N) is 3. The number of unbranched alkanes of at least 4 members (excludes halogenated alkanes) is 1. The molecule has 5 rings (SSSR count). The smallest absolute Gasteiger partial charge is 0.123 e. The summed E-state index contributed by atoms with van der Waals surface area (Å²) in [6.07, 6.45) is 3.62. The highest BCUT2D eigenvalue weighted by atomic mass is 32.1. The SMILES string of the molecule is CN1CCc2cc(-c3nnc(-c4ccc(F)cc4CCCCOCCN)c4sccc34)ccc2C1. The highest BCUT2D eigenvalue weighted by molar-refractivity contribution is 7.17. The Labute approximate surface area is 209 Å². The van der Waals surface area contributed by atoms with Gasteiger partial charge in [0.25, 0.3) is 0 Å². The van der Waals surface area contributed by atoms with Gasteiger partial charge in [-0.25, -0.2) is 4.39 Å². The lowest BCUT2D eigenvalue weighted by molar-refractivity contribution is 0.137. The van der Waals surface area contributed by atoms with Gasteiger partial charge in [-0.2, -0.15) is 0 Å². The predicted molar refractivity (Wildman–Crippen MR) is 141 cm³/mol. The lowest BCUT2D eigenvalue weighted by Crippen LogP contribution is -2.26. The second-order valence-electron chi connectivity index (χ2n) is 9.19. The van der Waals surface area contributed by atoms with Gasteiger partial charge in [-0.3, -0.25) is 0 Å². The number of thiophene rings is 1. The van der Waals surface area contributed by atoms with E-state index in [1.54, 1.807) is 17.4 Å². The topological polar surface area (TPSA) is 64.3 Å². The number of fused-ring (bicyclic) bond motifs is 2. The summed E-state index contributed by atoms with van der Waals surface area (Å²) in [5.74, 6) is -0.227. The minimum absolute atomic E-state index is 0.227. The molecular weight excluding hydrogens is 459 g/mol. The minimum Gasteiger partial charge on any atom is -0.380 e. The van der Waals surface area contributed by atoms with Crippen LogP contribution in [0.4, 0.5) is 4.39 Å². The molecular formula is C28H31FN4OS. The van der Waals surface area contributed by atoms with Crippen molar-refractivity contribution in [3.8, 4) is 22.5 Å². The van der Waals surface area contributed by atoms with E-state index in [0.717, 1.165) is 76.9 Å². The second kappa shape index (κ2) is 10.9. The van der Waals surface area contributed by atoms with Crippen LogP contribution in [0.2, 0.25) is 0 Å². The van der Waals surface area contributed by atoms with Gasteiger partial charge in [-0.1, -0.05) is 12.1 Å². The van der Waals surface area contributed by atoms with Gasteiger partial charge in [0.05, 0.1) is 11.3 Å². The standard InChI is InChI=1S/C28H31FN4OS/c1-33-12-9-19-16-21(5-6-22(19)18-33)26-25-10-15-35-28(25)27(32-31-26)24-8-7-23(29)17-20(24)4-2-3-13-34-14-11-30/h5-8,10,15-17H,2-4,9,11-14,18,30H2,1H3. The normalized spacial score (nSPS) is 13.9. The number of ether oxygens (including phenoxy) is 1. The maximum atomic E-state index is 14.2. The van der Waals surface area contributed by atoms with Crippen molar-refractivity contribution in [1.29, 1.82) is 0 Å². The number of halogens is 1. The number of hydrogen-bond donors (Lipinski definition) is 1. The van der Waals surface area contributed by atoms with Crippen LogP contribution in [0.3, 0.4) is 0 Å². The Morgan fingerprint density at radius 2 is 1.91 bits per heavy atom. The number of aromatic nitrogens is 2. The van der Waals surface area contributed by atoms with Gasteiger partial charge in [0.1, 0.15) is 17.2 Å². The zero-order chi connectivity index (χ0) is 24.2. The van der Waals surface area contributed by atoms with E-state index in [9.17, 15) is 4.39 Å². The molecule has 5 nitrogen and oxygen atoms in total. The first-order chi connectivity index (χ1) is 17.1. The zero-order valence-electron chi connectivity index (χ0n) is 20.1. The van der Waals surface area contributed by atoms with E-state index in [0.29, 0.717) is 19.8 Å². The van der Waals surface area contributed by atoms with E-state index in [2.05, 4.69) is 41.6 Å². The van der Waals surface area contributed by atoms with Crippen LogP contribution in [0, 0.1) is 5.82 Å². The third-order valence-electron chi connectivity index (χ3n) is 6.64. The summed E-state index contributed by atoms with van der Waals surface area (Å²) < 4.78 is 20.7. The number of likely N-dealkylation sites (N-methyl/N-ethyl adjacent to an activating group) is 1. The Morgan fingerprint density at radius 1 is 1.03 bits per heavy atom. The van der Waals surface area contributed by atoms with Crippen molar-refractivity contribution in [2.45, 2.75) is 32.2 Å². The van der Waals surface area contributed by atoms with Gasteiger partial charge in [0.15, 0.2) is 0 Å². The number of nitrogens with two attached hydrogens (primary N) is 1. The van der Waals surface area contributed by atoms with Crippen molar-refractivity contribution in [2.75, 3.05) is 33.4 Å². The van der Waals surface area contributed by atoms with Crippen molar-refractivity contribution in [3.05, 3.63) is 70.4 Å². The number of hydrogen-bond acceptors (Lipinski definition) is 6. The summed E-state index contributed by atoms with van der Waals surface area (Å²) in [6, 6.07) is 13.8. The Balaban J connectivity index is 1.46. The Bertz CT molecular complexity index is 1320. The van der Waals surface area contributed by atoms with Crippen LogP contribution in [0.1, 0.15) is 29.5 Å². The molecule has 0 spiro atoms. The molecule has 0 unspecified atom stereocenters. The quantitative estimate of drug-likeness (QED) is 0.316. The highest BCUT2D eigenvalue weighted by Gasteiger charge is 2.19. The monoisotopic (exact) mass is 490 g/mol. The van der Waals surface area contributed by atoms with Gasteiger partial charge in [-0.05, 0) is 85.1 Å². The van der Waals surface area contributed by atoms with Gasteiger partial charge in [0.2, 0.25) is 0 Å². The first-order valence-electron chi connectivity index (χ1n) is 12.3. The fourth-order valence-corrected chi connectivity index (χ4v) is 5.71. The molecule has 1 aliphatic rings. The summed E-state index contributed by atoms with van der Waals surface area (Å²) >= 11 is 1.66. The van der Waals surface area contributed by atoms with Crippen LogP contribution in [0.5, 0.6) is 0 Å². The summed E-state index contributed by atoms with van der Waals surface area (Å²) in [5, 5.41) is 12.6. The molecule has 35 heavy (non-hydrogen) atoms. The van der Waals surface area contributed by atoms with E-state index >= 15 is 0 Å². The van der Waals surface area contributed by atoms with E-state index in [4.69, 9.17) is 20.7 Å². The highest BCUT2D eigenvalue weighted by Crippen LogP contribution is 2.38. The maximum absolute atomic E-state index is 14.2. The average Bonchev–Trinajstić information content (AvgIpc) is 3.36. The van der Waals surface area contributed by atoms with Crippen molar-refractivity contribution in [3.63, 3.8) is 0 Å². The van der Waals surface area contributed by atoms with Crippen molar-refractivity contribution in [1.82, 2.24) is 15.1 Å². The number of benzene rings is 2. The molecule has 182 valence electrons. The average molecular weight is 491 g/mol. The number of rotatable bonds is 9. The van der Waals surface area contributed by atoms with Gasteiger partial charge >= 0.3 is 0 Å². The fourth-order valence-electron chi connectivity index (χ4n) is 4.81. The van der Waals surface area contributed by atoms with Crippen molar-refractivity contribution < 1.29 is 9.13 Å². The maximum Gasteiger partial charge on any atom is 0.123 e. The van der Waals surface area contributed by atoms with Crippen LogP contribution >= 0.6 is 11.3 Å². The largest absolute Gasteiger partial charge is 0.380 e. The zero-order valence-corrected chi connectivity index (χ0v) is 20.9. The van der Waals surface area contributed by atoms with Crippen LogP contribution in [0.15, 0.2) is 47.8 Å². The van der Waals surface area contributed by atoms with E-state index in [1.165, 1.54) is 17.2 Å². The predicted octanol–water partition coefficient (Wildman–Crippen LogP) is 5.45. The molecule has 0 bridgehead atoms. The fraction of sp³-hybridized carbons (Fsp3) is 0.357. The number of aryl methyl sites for hydroxylation is 1. The van der Waals surface area contributed by atoms with Crippen LogP contribution in [-0.2, 0) is 24.1 Å². The lowest BCUT2D eigenvalue weighted by Gasteiger charge is -2.25. The molecule has 0 saturated carbocycles. The molecule has 0 aliphatic carbocycles. The Morgan fingerprint density at radius 3 is 2.80 bits per heavy atom. The Kier molecular flexibility index (Phi) is 7.48. The van der Waals surface area contributed by atoms with Gasteiger partial charge in [0, 0.05) is 42.8 Å². The van der Waals surface area contributed by atoms with Crippen molar-refractivity contribution in [2.24, 2.45) is 5.73 Å². The van der Waals surface area contributed by atoms with Crippen LogP contribution < -0.4 is 5.73 Å². The molecule has 2 aromatic heterocycles. The molecule has 2 aromatic carbocycles. The molecule has 1 aliphatic heterocycles. The minimum atomic E-state index is -0.227. The van der Waals surface area contributed by atoms with Gasteiger partial charge in [-0.15, -0.1) is 21.5 Å². The Hall–Kier alpha value is -2.71. The van der Waals surface area contributed by atoms with Crippen molar-refractivity contribution >= 4 is 21.4 Å². The molecule has 0 radical (unpaired) electrons. The molecule has 4 aromatic rings. The molecule has 3 heterocycles. The molecule has 2 N–H and O–H groups in total. The third kappa shape index (κ3) is 5.28. The molecule has 0 saturated heterocycles. The summed E-state index contributed by atoms with van der Waals surface area (Å²) in [4.78, 5) is 2.35. The van der Waals surface area contributed by atoms with Crippen LogP contribution in [0.25, 0.3) is 32.6 Å². The van der Waals surface area contributed by atoms with Crippen LogP contribution in [-0.4, -0.2) is 48.4 Å². The molecule has 7 heteroatoms. The first kappa shape index (κ1) is 24.0. The summed E-state index contributed by atoms with van der Waals surface area (Å²) in [5.41, 5.74) is 13.0. The third-order valence-corrected chi connectivity index (χ3v) is 7.56. The summed E-state index contributed by atoms with van der Waals surface area (Å²) in [6.45, 7) is 3.83. The molecule has 0 atom stereocenters.